The van der Waals surface area contributed by atoms with E-state index in [0.29, 0.717) is 5.70 Å². The highest BCUT2D eigenvalue weighted by Crippen LogP contribution is 2.20. The molecule has 0 aliphatic rings. The van der Waals surface area contributed by atoms with Gasteiger partial charge in [-0.15, -0.1) is 0 Å². The van der Waals surface area contributed by atoms with Gasteiger partial charge in [0.15, 0.2) is 0 Å². The standard InChI is InChI=1S/C15H16INO2/c1-4-12(3)17(14(16)5-2)15(18)19-11-13-9-7-6-8-10-13/h4-10H,1,3,11H2,2H3/b14-5+. The van der Waals surface area contributed by atoms with Crippen molar-refractivity contribution in [3.8, 4) is 0 Å². The lowest BCUT2D eigenvalue weighted by molar-refractivity contribution is 0.119. The number of nitrogens with zero attached hydrogens (tertiary/aromatic N) is 1. The van der Waals surface area contributed by atoms with Gasteiger partial charge in [0.2, 0.25) is 0 Å². The number of rotatable bonds is 5. The summed E-state index contributed by atoms with van der Waals surface area (Å²) in [6.07, 6.45) is 2.86. The number of allylic oxidation sites excluding steroid dienone is 2. The van der Waals surface area contributed by atoms with E-state index < -0.39 is 6.09 Å². The maximum absolute atomic E-state index is 12.1. The van der Waals surface area contributed by atoms with Gasteiger partial charge in [0.05, 0.1) is 3.70 Å². The lowest BCUT2D eigenvalue weighted by Crippen LogP contribution is -2.27. The lowest BCUT2D eigenvalue weighted by atomic mass is 10.2. The third kappa shape index (κ3) is 4.55. The Morgan fingerprint density at radius 3 is 2.58 bits per heavy atom. The van der Waals surface area contributed by atoms with E-state index in [0.717, 1.165) is 9.27 Å². The van der Waals surface area contributed by atoms with Crippen LogP contribution in [0.2, 0.25) is 0 Å². The highest BCUT2D eigenvalue weighted by atomic mass is 127. The minimum absolute atomic E-state index is 0.230. The van der Waals surface area contributed by atoms with Crippen LogP contribution in [-0.4, -0.2) is 11.0 Å². The number of hydrogen-bond donors (Lipinski definition) is 0. The van der Waals surface area contributed by atoms with Crippen molar-refractivity contribution in [2.75, 3.05) is 0 Å². The van der Waals surface area contributed by atoms with Gasteiger partial charge in [0, 0.05) is 5.70 Å². The van der Waals surface area contributed by atoms with E-state index in [1.807, 2.05) is 37.3 Å². The zero-order valence-electron chi connectivity index (χ0n) is 10.8. The molecule has 0 atom stereocenters. The van der Waals surface area contributed by atoms with Crippen molar-refractivity contribution >= 4 is 28.7 Å². The van der Waals surface area contributed by atoms with Crippen LogP contribution >= 0.6 is 22.6 Å². The molecule has 0 N–H and O–H groups in total. The number of hydrogen-bond acceptors (Lipinski definition) is 2. The van der Waals surface area contributed by atoms with Crippen LogP contribution in [-0.2, 0) is 11.3 Å². The number of benzene rings is 1. The van der Waals surface area contributed by atoms with Gasteiger partial charge >= 0.3 is 6.09 Å². The quantitative estimate of drug-likeness (QED) is 0.431. The molecule has 0 saturated heterocycles. The first-order valence-electron chi connectivity index (χ1n) is 5.74. The van der Waals surface area contributed by atoms with E-state index in [9.17, 15) is 4.79 Å². The molecule has 0 saturated carbocycles. The van der Waals surface area contributed by atoms with E-state index in [1.165, 1.54) is 11.0 Å². The first kappa shape index (κ1) is 15.5. The number of amides is 1. The Labute approximate surface area is 127 Å². The van der Waals surface area contributed by atoms with Crippen LogP contribution < -0.4 is 0 Å². The van der Waals surface area contributed by atoms with Crippen LogP contribution in [0.1, 0.15) is 12.5 Å². The zero-order chi connectivity index (χ0) is 14.3. The molecule has 100 valence electrons. The molecule has 0 heterocycles. The monoisotopic (exact) mass is 369 g/mol. The largest absolute Gasteiger partial charge is 0.444 e. The number of carbonyl (C=O) groups is 1. The molecule has 1 aromatic rings. The highest BCUT2D eigenvalue weighted by molar-refractivity contribution is 14.1. The summed E-state index contributed by atoms with van der Waals surface area (Å²) in [5.74, 6) is 0. The molecule has 0 aliphatic carbocycles. The summed E-state index contributed by atoms with van der Waals surface area (Å²) in [6, 6.07) is 9.53. The number of ether oxygens (including phenoxy) is 1. The molecule has 0 fully saturated rings. The first-order chi connectivity index (χ1) is 9.10. The molecule has 19 heavy (non-hydrogen) atoms. The average molecular weight is 369 g/mol. The second-order valence-corrected chi connectivity index (χ2v) is 4.79. The predicted octanol–water partition coefficient (Wildman–Crippen LogP) is 4.62. The maximum Gasteiger partial charge on any atom is 0.419 e. The van der Waals surface area contributed by atoms with E-state index in [4.69, 9.17) is 4.74 Å². The lowest BCUT2D eigenvalue weighted by Gasteiger charge is -2.21. The van der Waals surface area contributed by atoms with Crippen molar-refractivity contribution < 1.29 is 9.53 Å². The second kappa shape index (κ2) is 7.78. The predicted molar refractivity (Wildman–Crippen MR) is 85.6 cm³/mol. The zero-order valence-corrected chi connectivity index (χ0v) is 13.0. The summed E-state index contributed by atoms with van der Waals surface area (Å²) in [7, 11) is 0. The normalized spacial score (nSPS) is 10.7. The molecule has 0 aliphatic heterocycles. The van der Waals surface area contributed by atoms with Crippen molar-refractivity contribution in [3.05, 3.63) is 70.6 Å². The fourth-order valence-corrected chi connectivity index (χ4v) is 1.85. The Kier molecular flexibility index (Phi) is 6.35. The van der Waals surface area contributed by atoms with Crippen LogP contribution in [0.3, 0.4) is 0 Å². The molecule has 4 heteroatoms. The van der Waals surface area contributed by atoms with E-state index in [-0.39, 0.29) is 6.61 Å². The molecule has 3 nitrogen and oxygen atoms in total. The van der Waals surface area contributed by atoms with Crippen molar-refractivity contribution in [3.63, 3.8) is 0 Å². The Bertz CT molecular complexity index is 492. The number of carbonyl (C=O) groups excluding carboxylic acids is 1. The summed E-state index contributed by atoms with van der Waals surface area (Å²) in [4.78, 5) is 13.5. The van der Waals surface area contributed by atoms with Crippen LogP contribution in [0.25, 0.3) is 0 Å². The summed E-state index contributed by atoms with van der Waals surface area (Å²) in [6.45, 7) is 9.47. The topological polar surface area (TPSA) is 29.5 Å². The van der Waals surface area contributed by atoms with E-state index in [2.05, 4.69) is 35.7 Å². The molecule has 0 unspecified atom stereocenters. The van der Waals surface area contributed by atoms with Gasteiger partial charge in [0.25, 0.3) is 0 Å². The summed E-state index contributed by atoms with van der Waals surface area (Å²) < 4.78 is 5.99. The van der Waals surface area contributed by atoms with Crippen molar-refractivity contribution in [2.24, 2.45) is 0 Å². The smallest absolute Gasteiger partial charge is 0.419 e. The van der Waals surface area contributed by atoms with Gasteiger partial charge in [-0.3, -0.25) is 0 Å². The molecule has 1 amide bonds. The Morgan fingerprint density at radius 2 is 2.05 bits per heavy atom. The van der Waals surface area contributed by atoms with Gasteiger partial charge < -0.3 is 4.74 Å². The van der Waals surface area contributed by atoms with Gasteiger partial charge in [-0.25, -0.2) is 9.69 Å². The summed E-state index contributed by atoms with van der Waals surface area (Å²) >= 11 is 2.05. The molecule has 0 radical (unpaired) electrons. The van der Waals surface area contributed by atoms with Crippen molar-refractivity contribution in [2.45, 2.75) is 13.5 Å². The molecule has 0 spiro atoms. The van der Waals surface area contributed by atoms with Crippen molar-refractivity contribution in [1.29, 1.82) is 0 Å². The van der Waals surface area contributed by atoms with Crippen LogP contribution in [0, 0.1) is 0 Å². The third-order valence-corrected chi connectivity index (χ3v) is 3.47. The van der Waals surface area contributed by atoms with Crippen LogP contribution in [0.4, 0.5) is 4.79 Å². The summed E-state index contributed by atoms with van der Waals surface area (Å²) in [5.41, 5.74) is 1.43. The Hall–Kier alpha value is -1.56. The Morgan fingerprint density at radius 1 is 1.42 bits per heavy atom. The molecule has 1 rings (SSSR count). The molecular weight excluding hydrogens is 353 g/mol. The van der Waals surface area contributed by atoms with Crippen molar-refractivity contribution in [1.82, 2.24) is 4.90 Å². The first-order valence-corrected chi connectivity index (χ1v) is 6.82. The van der Waals surface area contributed by atoms with Gasteiger partial charge in [-0.05, 0) is 41.2 Å². The molecule has 0 bridgehead atoms. The minimum atomic E-state index is -0.462. The maximum atomic E-state index is 12.1. The van der Waals surface area contributed by atoms with E-state index >= 15 is 0 Å². The van der Waals surface area contributed by atoms with Gasteiger partial charge in [0.1, 0.15) is 6.61 Å². The second-order valence-electron chi connectivity index (χ2n) is 3.68. The van der Waals surface area contributed by atoms with Gasteiger partial charge in [-0.1, -0.05) is 49.6 Å². The SMILES string of the molecule is C=CC(=C)N(C(=O)OCc1ccccc1)/C(I)=C/C. The fraction of sp³-hybridized carbons (Fsp3) is 0.133. The fourth-order valence-electron chi connectivity index (χ4n) is 1.35. The molecule has 0 aromatic heterocycles. The highest BCUT2D eigenvalue weighted by Gasteiger charge is 2.19. The molecular formula is C15H16INO2. The minimum Gasteiger partial charge on any atom is -0.444 e. The van der Waals surface area contributed by atoms with Crippen LogP contribution in [0.15, 0.2) is 65.0 Å². The summed E-state index contributed by atoms with van der Waals surface area (Å²) in [5, 5.41) is 0. The number of halogens is 1. The molecule has 1 aromatic carbocycles. The van der Waals surface area contributed by atoms with Gasteiger partial charge in [-0.2, -0.15) is 0 Å². The Balaban J connectivity index is 2.73. The average Bonchev–Trinajstić information content (AvgIpc) is 2.45. The van der Waals surface area contributed by atoms with E-state index in [1.54, 1.807) is 6.08 Å². The third-order valence-electron chi connectivity index (χ3n) is 2.36. The van der Waals surface area contributed by atoms with Crippen LogP contribution in [0.5, 0.6) is 0 Å².